The van der Waals surface area contributed by atoms with E-state index in [2.05, 4.69) is 5.04 Å². The van der Waals surface area contributed by atoms with Crippen molar-refractivity contribution in [1.29, 1.82) is 0 Å². The molecular formula is H2FeLiO7P. The van der Waals surface area contributed by atoms with Gasteiger partial charge in [-0.1, -0.05) is 5.04 Å². The van der Waals surface area contributed by atoms with Crippen molar-refractivity contribution in [3.63, 3.8) is 0 Å². The summed E-state index contributed by atoms with van der Waals surface area (Å²) < 4.78 is 8.55. The van der Waals surface area contributed by atoms with Crippen LogP contribution >= 0.6 is 7.82 Å². The van der Waals surface area contributed by atoms with E-state index in [1.807, 2.05) is 0 Å². The first-order chi connectivity index (χ1) is 3.41. The molecule has 2 N–H and O–H groups in total. The van der Waals surface area contributed by atoms with Gasteiger partial charge < -0.3 is 19.2 Å². The summed E-state index contributed by atoms with van der Waals surface area (Å²) in [4.78, 5) is 25.6. The summed E-state index contributed by atoms with van der Waals surface area (Å²) in [6.07, 6.45) is 0. The molecule has 0 saturated carbocycles. The van der Waals surface area contributed by atoms with E-state index in [0.29, 0.717) is 0 Å². The molecule has 10 heteroatoms. The topological polar surface area (TPSA) is 136 Å². The molecule has 58 valence electrons. The van der Waals surface area contributed by atoms with Gasteiger partial charge in [-0.25, -0.2) is 10.5 Å². The van der Waals surface area contributed by atoms with Gasteiger partial charge in [0.1, 0.15) is 0 Å². The molecule has 0 aromatic rings. The van der Waals surface area contributed by atoms with Gasteiger partial charge in [0, 0.05) is 0 Å². The normalized spacial score (nSPS) is 7.70. The van der Waals surface area contributed by atoms with Crippen LogP contribution < -0.4 is 33.5 Å². The van der Waals surface area contributed by atoms with E-state index in [1.54, 1.807) is 0 Å². The minimum atomic E-state index is -5.39. The molecule has 7 nitrogen and oxygen atoms in total. The second-order valence-electron chi connectivity index (χ2n) is 0.529. The number of rotatable bonds is 0. The molecule has 0 radical (unpaired) electrons. The molecule has 0 unspecified atom stereocenters. The van der Waals surface area contributed by atoms with E-state index >= 15 is 0 Å². The summed E-state index contributed by atoms with van der Waals surface area (Å²) in [6.45, 7) is 0. The molecule has 0 rings (SSSR count). The molecule has 0 aromatic heterocycles. The van der Waals surface area contributed by atoms with E-state index in [4.69, 9.17) is 29.8 Å². The van der Waals surface area contributed by atoms with Crippen molar-refractivity contribution < 1.29 is 70.7 Å². The first kappa shape index (κ1) is 22.5. The Morgan fingerprint density at radius 1 is 1.20 bits per heavy atom. The SMILES string of the molecule is O=P([O-])([O-])[O-].OOO.[Fe+2].[Li+]. The Labute approximate surface area is 78.8 Å². The van der Waals surface area contributed by atoms with E-state index in [-0.39, 0.29) is 35.9 Å². The summed E-state index contributed by atoms with van der Waals surface area (Å²) in [5.74, 6) is 0. The third kappa shape index (κ3) is 489. The van der Waals surface area contributed by atoms with Gasteiger partial charge in [0.25, 0.3) is 0 Å². The third-order valence-electron chi connectivity index (χ3n) is 0. The van der Waals surface area contributed by atoms with Gasteiger partial charge in [-0.05, 0) is 0 Å². The van der Waals surface area contributed by atoms with Gasteiger partial charge >= 0.3 is 35.9 Å². The van der Waals surface area contributed by atoms with Crippen molar-refractivity contribution in [3.05, 3.63) is 0 Å². The molecule has 0 aromatic carbocycles. The van der Waals surface area contributed by atoms with Crippen molar-refractivity contribution in [1.82, 2.24) is 0 Å². The molecule has 0 spiro atoms. The van der Waals surface area contributed by atoms with Crippen molar-refractivity contribution in [2.45, 2.75) is 0 Å². The number of phosphoric acid groups is 1. The standard InChI is InChI=1S/Fe.Li.H3O4P.H2O3/c;;1-5(2,3)4;1-3-2/h;;(H3,1,2,3,4);1-2H/q+2;+1;;/p-3. The fourth-order valence-electron chi connectivity index (χ4n) is 0. The Hall–Kier alpha value is 1.11. The molecule has 0 saturated heterocycles. The second kappa shape index (κ2) is 12.8. The van der Waals surface area contributed by atoms with Crippen LogP contribution in [0.5, 0.6) is 0 Å². The third-order valence-corrected chi connectivity index (χ3v) is 0. The summed E-state index contributed by atoms with van der Waals surface area (Å²) in [6, 6.07) is 0. The quantitative estimate of drug-likeness (QED) is 0.175. The maximum absolute atomic E-state index is 8.55. The van der Waals surface area contributed by atoms with Crippen LogP contribution in [0.2, 0.25) is 0 Å². The molecule has 0 amide bonds. The van der Waals surface area contributed by atoms with Crippen LogP contribution in [0.4, 0.5) is 0 Å². The zero-order chi connectivity index (χ0) is 7.21. The van der Waals surface area contributed by atoms with Crippen molar-refractivity contribution in [2.24, 2.45) is 0 Å². The minimum absolute atomic E-state index is 0. The zero-order valence-electron chi connectivity index (χ0n) is 4.74. The van der Waals surface area contributed by atoms with Gasteiger partial charge in [-0.3, -0.25) is 0 Å². The largest absolute Gasteiger partial charge is 2.00 e. The van der Waals surface area contributed by atoms with E-state index in [9.17, 15) is 0 Å². The predicted octanol–water partition coefficient (Wildman–Crippen LogP) is -5.87. The van der Waals surface area contributed by atoms with Crippen LogP contribution in [0.25, 0.3) is 0 Å². The van der Waals surface area contributed by atoms with Gasteiger partial charge in [0.15, 0.2) is 0 Å². The van der Waals surface area contributed by atoms with Crippen molar-refractivity contribution >= 4 is 7.82 Å². The molecular weight excluding hydrogens is 206 g/mol. The van der Waals surface area contributed by atoms with Crippen LogP contribution in [-0.4, -0.2) is 10.5 Å². The maximum Gasteiger partial charge on any atom is 2.00 e. The summed E-state index contributed by atoms with van der Waals surface area (Å²) in [7, 11) is -5.39. The summed E-state index contributed by atoms with van der Waals surface area (Å²) >= 11 is 0. The first-order valence-corrected chi connectivity index (χ1v) is 2.56. The molecule has 0 aliphatic carbocycles. The van der Waals surface area contributed by atoms with Crippen LogP contribution in [0.3, 0.4) is 0 Å². The molecule has 0 aliphatic rings. The fraction of sp³-hybridized carbons (Fsp3) is 0. The van der Waals surface area contributed by atoms with E-state index in [1.165, 1.54) is 0 Å². The average molecular weight is 208 g/mol. The molecule has 0 bridgehead atoms. The monoisotopic (exact) mass is 208 g/mol. The van der Waals surface area contributed by atoms with Crippen LogP contribution in [0.15, 0.2) is 0 Å². The first-order valence-electron chi connectivity index (χ1n) is 1.10. The summed E-state index contributed by atoms with van der Waals surface area (Å²) in [5.41, 5.74) is 0. The Bertz CT molecular complexity index is 69.4. The zero-order valence-corrected chi connectivity index (χ0v) is 6.74. The number of hydrogen-bond acceptors (Lipinski definition) is 7. The molecule has 10 heavy (non-hydrogen) atoms. The Morgan fingerprint density at radius 2 is 1.20 bits per heavy atom. The van der Waals surface area contributed by atoms with Gasteiger partial charge in [0.05, 0.1) is 0 Å². The van der Waals surface area contributed by atoms with E-state index < -0.39 is 7.82 Å². The molecule has 0 atom stereocenters. The summed E-state index contributed by atoms with van der Waals surface area (Å²) in [5, 5.41) is 15.5. The average Bonchev–Trinajstić information content (AvgIpc) is 1.27. The smallest absolute Gasteiger partial charge is 0.822 e. The molecule has 0 heterocycles. The van der Waals surface area contributed by atoms with Gasteiger partial charge in [-0.2, -0.15) is 7.82 Å². The Balaban J connectivity index is -0.0000000326. The van der Waals surface area contributed by atoms with E-state index in [0.717, 1.165) is 0 Å². The Morgan fingerprint density at radius 3 is 1.20 bits per heavy atom. The number of hydrogen-bond donors (Lipinski definition) is 2. The van der Waals surface area contributed by atoms with Crippen LogP contribution in [0.1, 0.15) is 0 Å². The minimum Gasteiger partial charge on any atom is -0.822 e. The maximum atomic E-state index is 8.55. The van der Waals surface area contributed by atoms with Gasteiger partial charge in [0.2, 0.25) is 0 Å². The molecule has 0 aliphatic heterocycles. The molecule has 0 fully saturated rings. The van der Waals surface area contributed by atoms with Crippen molar-refractivity contribution in [2.75, 3.05) is 0 Å². The fourth-order valence-corrected chi connectivity index (χ4v) is 0. The predicted molar refractivity (Wildman–Crippen MR) is 13.9 cm³/mol. The van der Waals surface area contributed by atoms with Crippen molar-refractivity contribution in [3.8, 4) is 0 Å². The van der Waals surface area contributed by atoms with Crippen LogP contribution in [-0.2, 0) is 26.7 Å². The second-order valence-corrected chi connectivity index (χ2v) is 1.42. The Kier molecular flexibility index (Phi) is 28.6. The van der Waals surface area contributed by atoms with Gasteiger partial charge in [-0.15, -0.1) is 0 Å². The van der Waals surface area contributed by atoms with Crippen LogP contribution in [0, 0.1) is 0 Å².